The summed E-state index contributed by atoms with van der Waals surface area (Å²) in [4.78, 5) is 14.3. The second-order valence-electron chi connectivity index (χ2n) is 3.25. The van der Waals surface area contributed by atoms with E-state index >= 15 is 0 Å². The van der Waals surface area contributed by atoms with E-state index in [0.29, 0.717) is 28.0 Å². The standard InChI is InChI=1S/C12H7ClFNO/c13-12-3-8(7-16)1-2-11(12)9-4-10(14)6-15-5-9/h1-7H. The largest absolute Gasteiger partial charge is 0.298 e. The van der Waals surface area contributed by atoms with Crippen LogP contribution in [0.4, 0.5) is 4.39 Å². The van der Waals surface area contributed by atoms with Gasteiger partial charge >= 0.3 is 0 Å². The molecule has 1 aromatic heterocycles. The van der Waals surface area contributed by atoms with Gasteiger partial charge in [-0.2, -0.15) is 0 Å². The average Bonchev–Trinajstić information content (AvgIpc) is 2.28. The molecule has 0 N–H and O–H groups in total. The van der Waals surface area contributed by atoms with E-state index in [0.717, 1.165) is 6.20 Å². The lowest BCUT2D eigenvalue weighted by Gasteiger charge is -2.04. The number of benzene rings is 1. The first-order valence-corrected chi connectivity index (χ1v) is 4.94. The van der Waals surface area contributed by atoms with Gasteiger partial charge in [-0.3, -0.25) is 9.78 Å². The van der Waals surface area contributed by atoms with Gasteiger partial charge in [-0.25, -0.2) is 4.39 Å². The topological polar surface area (TPSA) is 30.0 Å². The van der Waals surface area contributed by atoms with Crippen molar-refractivity contribution in [2.24, 2.45) is 0 Å². The van der Waals surface area contributed by atoms with Crippen molar-refractivity contribution in [1.29, 1.82) is 0 Å². The minimum atomic E-state index is -0.423. The molecule has 0 saturated carbocycles. The molecule has 4 heteroatoms. The van der Waals surface area contributed by atoms with Crippen molar-refractivity contribution in [2.45, 2.75) is 0 Å². The van der Waals surface area contributed by atoms with E-state index in [-0.39, 0.29) is 0 Å². The molecule has 16 heavy (non-hydrogen) atoms. The maximum atomic E-state index is 13.0. The summed E-state index contributed by atoms with van der Waals surface area (Å²) in [7, 11) is 0. The van der Waals surface area contributed by atoms with Gasteiger partial charge in [0.25, 0.3) is 0 Å². The number of nitrogens with zero attached hydrogens (tertiary/aromatic N) is 1. The molecule has 1 heterocycles. The molecule has 0 aliphatic rings. The molecule has 0 radical (unpaired) electrons. The van der Waals surface area contributed by atoms with Crippen LogP contribution in [-0.4, -0.2) is 11.3 Å². The summed E-state index contributed by atoms with van der Waals surface area (Å²) in [5.74, 6) is -0.423. The summed E-state index contributed by atoms with van der Waals surface area (Å²) in [6.07, 6.45) is 3.35. The number of pyridine rings is 1. The average molecular weight is 236 g/mol. The van der Waals surface area contributed by atoms with Crippen molar-refractivity contribution in [1.82, 2.24) is 4.98 Å². The Kier molecular flexibility index (Phi) is 2.97. The molecule has 0 saturated heterocycles. The Balaban J connectivity index is 2.52. The third-order valence-electron chi connectivity index (χ3n) is 2.15. The van der Waals surface area contributed by atoms with E-state index in [9.17, 15) is 9.18 Å². The molecule has 0 aliphatic heterocycles. The van der Waals surface area contributed by atoms with E-state index < -0.39 is 5.82 Å². The molecule has 0 amide bonds. The molecule has 0 unspecified atom stereocenters. The predicted octanol–water partition coefficient (Wildman–Crippen LogP) is 3.35. The summed E-state index contributed by atoms with van der Waals surface area (Å²) in [5.41, 5.74) is 1.72. The predicted molar refractivity (Wildman–Crippen MR) is 60.0 cm³/mol. The molecule has 2 aromatic rings. The summed E-state index contributed by atoms with van der Waals surface area (Å²) in [6, 6.07) is 6.17. The Bertz CT molecular complexity index is 542. The third kappa shape index (κ3) is 2.09. The highest BCUT2D eigenvalue weighted by atomic mass is 35.5. The van der Waals surface area contributed by atoms with Crippen molar-refractivity contribution < 1.29 is 9.18 Å². The molecular weight excluding hydrogens is 229 g/mol. The lowest BCUT2D eigenvalue weighted by molar-refractivity contribution is 0.112. The molecule has 0 fully saturated rings. The van der Waals surface area contributed by atoms with E-state index in [4.69, 9.17) is 11.6 Å². The lowest BCUT2D eigenvalue weighted by Crippen LogP contribution is -1.86. The van der Waals surface area contributed by atoms with E-state index in [1.54, 1.807) is 12.1 Å². The maximum absolute atomic E-state index is 13.0. The number of rotatable bonds is 2. The van der Waals surface area contributed by atoms with Crippen LogP contribution in [0.1, 0.15) is 10.4 Å². The van der Waals surface area contributed by atoms with Gasteiger partial charge in [0.15, 0.2) is 0 Å². The van der Waals surface area contributed by atoms with Crippen LogP contribution in [0.2, 0.25) is 5.02 Å². The van der Waals surface area contributed by atoms with Crippen LogP contribution in [0.5, 0.6) is 0 Å². The van der Waals surface area contributed by atoms with Gasteiger partial charge in [0, 0.05) is 27.9 Å². The summed E-state index contributed by atoms with van der Waals surface area (Å²) in [5, 5.41) is 0.400. The van der Waals surface area contributed by atoms with Gasteiger partial charge in [-0.05, 0) is 12.1 Å². The molecule has 0 spiro atoms. The van der Waals surface area contributed by atoms with Crippen molar-refractivity contribution in [3.63, 3.8) is 0 Å². The number of hydrogen-bond acceptors (Lipinski definition) is 2. The summed E-state index contributed by atoms with van der Waals surface area (Å²) in [6.45, 7) is 0. The molecule has 0 aliphatic carbocycles. The van der Waals surface area contributed by atoms with Crippen LogP contribution in [-0.2, 0) is 0 Å². The number of halogens is 2. The zero-order chi connectivity index (χ0) is 11.5. The highest BCUT2D eigenvalue weighted by Gasteiger charge is 2.05. The zero-order valence-corrected chi connectivity index (χ0v) is 8.91. The van der Waals surface area contributed by atoms with E-state index in [1.807, 2.05) is 0 Å². The van der Waals surface area contributed by atoms with E-state index in [1.165, 1.54) is 18.3 Å². The first kappa shape index (κ1) is 10.8. The molecule has 1 aromatic carbocycles. The number of carbonyl (C=O) groups is 1. The number of aldehydes is 1. The fraction of sp³-hybridized carbons (Fsp3) is 0. The normalized spacial score (nSPS) is 10.1. The molecule has 80 valence electrons. The van der Waals surface area contributed by atoms with Gasteiger partial charge < -0.3 is 0 Å². The minimum absolute atomic E-state index is 0.400. The monoisotopic (exact) mass is 235 g/mol. The van der Waals surface area contributed by atoms with Crippen LogP contribution in [0.25, 0.3) is 11.1 Å². The second-order valence-corrected chi connectivity index (χ2v) is 3.66. The van der Waals surface area contributed by atoms with Gasteiger partial charge in [-0.1, -0.05) is 23.7 Å². The fourth-order valence-electron chi connectivity index (χ4n) is 1.40. The Hall–Kier alpha value is -1.74. The van der Waals surface area contributed by atoms with Gasteiger partial charge in [0.1, 0.15) is 12.1 Å². The quantitative estimate of drug-likeness (QED) is 0.747. The number of hydrogen-bond donors (Lipinski definition) is 0. The zero-order valence-electron chi connectivity index (χ0n) is 8.15. The highest BCUT2D eigenvalue weighted by Crippen LogP contribution is 2.28. The van der Waals surface area contributed by atoms with Crippen molar-refractivity contribution in [3.05, 3.63) is 53.1 Å². The second kappa shape index (κ2) is 4.41. The van der Waals surface area contributed by atoms with E-state index in [2.05, 4.69) is 4.98 Å². The lowest BCUT2D eigenvalue weighted by atomic mass is 10.1. The Labute approximate surface area is 96.7 Å². The molecule has 0 bridgehead atoms. The van der Waals surface area contributed by atoms with Gasteiger partial charge in [0.2, 0.25) is 0 Å². The summed E-state index contributed by atoms with van der Waals surface area (Å²) >= 11 is 5.99. The van der Waals surface area contributed by atoms with Crippen LogP contribution >= 0.6 is 11.6 Å². The Morgan fingerprint density at radius 1 is 1.25 bits per heavy atom. The first-order chi connectivity index (χ1) is 7.70. The fourth-order valence-corrected chi connectivity index (χ4v) is 1.70. The molecule has 0 atom stereocenters. The van der Waals surface area contributed by atoms with Crippen LogP contribution in [0, 0.1) is 5.82 Å². The van der Waals surface area contributed by atoms with Gasteiger partial charge in [0.05, 0.1) is 6.20 Å². The van der Waals surface area contributed by atoms with Crippen molar-refractivity contribution in [2.75, 3.05) is 0 Å². The van der Waals surface area contributed by atoms with Gasteiger partial charge in [-0.15, -0.1) is 0 Å². The molecule has 2 rings (SSSR count). The number of carbonyl (C=O) groups excluding carboxylic acids is 1. The van der Waals surface area contributed by atoms with Crippen molar-refractivity contribution >= 4 is 17.9 Å². The van der Waals surface area contributed by atoms with Crippen molar-refractivity contribution in [3.8, 4) is 11.1 Å². The van der Waals surface area contributed by atoms with Crippen LogP contribution in [0.3, 0.4) is 0 Å². The first-order valence-electron chi connectivity index (χ1n) is 4.56. The maximum Gasteiger partial charge on any atom is 0.150 e. The molecule has 2 nitrogen and oxygen atoms in total. The number of aromatic nitrogens is 1. The highest BCUT2D eigenvalue weighted by molar-refractivity contribution is 6.33. The SMILES string of the molecule is O=Cc1ccc(-c2cncc(F)c2)c(Cl)c1. The third-order valence-corrected chi connectivity index (χ3v) is 2.46. The Morgan fingerprint density at radius 3 is 2.69 bits per heavy atom. The minimum Gasteiger partial charge on any atom is -0.298 e. The molecular formula is C12H7ClFNO. The van der Waals surface area contributed by atoms with Crippen LogP contribution in [0.15, 0.2) is 36.7 Å². The smallest absolute Gasteiger partial charge is 0.150 e. The van der Waals surface area contributed by atoms with Crippen LogP contribution < -0.4 is 0 Å². The Morgan fingerprint density at radius 2 is 2.06 bits per heavy atom. The summed E-state index contributed by atoms with van der Waals surface area (Å²) < 4.78 is 13.0.